The van der Waals surface area contributed by atoms with Crippen molar-refractivity contribution < 1.29 is 4.79 Å². The fourth-order valence-electron chi connectivity index (χ4n) is 2.01. The number of aromatic nitrogens is 1. The lowest BCUT2D eigenvalue weighted by Crippen LogP contribution is -2.11. The molecule has 0 fully saturated rings. The van der Waals surface area contributed by atoms with Gasteiger partial charge in [-0.15, -0.1) is 22.7 Å². The van der Waals surface area contributed by atoms with Gasteiger partial charge in [0.2, 0.25) is 0 Å². The predicted octanol–water partition coefficient (Wildman–Crippen LogP) is 4.74. The number of nitrogens with one attached hydrogen (secondary N) is 1. The summed E-state index contributed by atoms with van der Waals surface area (Å²) in [7, 11) is 0. The van der Waals surface area contributed by atoms with Crippen LogP contribution in [0, 0.1) is 13.8 Å². The first-order valence-corrected chi connectivity index (χ1v) is 8.27. The Hall–Kier alpha value is -1.98. The Balaban J connectivity index is 1.88. The van der Waals surface area contributed by atoms with Crippen LogP contribution in [0.15, 0.2) is 41.1 Å². The van der Waals surface area contributed by atoms with E-state index < -0.39 is 0 Å². The zero-order valence-corrected chi connectivity index (χ0v) is 13.3. The molecule has 0 aliphatic carbocycles. The van der Waals surface area contributed by atoms with Gasteiger partial charge >= 0.3 is 0 Å². The maximum Gasteiger partial charge on any atom is 0.268 e. The van der Waals surface area contributed by atoms with Crippen molar-refractivity contribution in [3.63, 3.8) is 0 Å². The van der Waals surface area contributed by atoms with Crippen LogP contribution < -0.4 is 5.32 Å². The zero-order valence-electron chi connectivity index (χ0n) is 11.7. The molecular formula is C16H14N2OS2. The smallest absolute Gasteiger partial charge is 0.268 e. The number of thiazole rings is 1. The first-order chi connectivity index (χ1) is 10.1. The van der Waals surface area contributed by atoms with Crippen LogP contribution in [0.5, 0.6) is 0 Å². The van der Waals surface area contributed by atoms with Crippen LogP contribution in [0.3, 0.4) is 0 Å². The van der Waals surface area contributed by atoms with Crippen molar-refractivity contribution in [1.29, 1.82) is 0 Å². The zero-order chi connectivity index (χ0) is 14.8. The lowest BCUT2D eigenvalue weighted by atomic mass is 10.0. The van der Waals surface area contributed by atoms with Gasteiger partial charge in [-0.3, -0.25) is 10.1 Å². The van der Waals surface area contributed by atoms with Crippen molar-refractivity contribution in [2.24, 2.45) is 0 Å². The van der Waals surface area contributed by atoms with Gasteiger partial charge in [-0.05, 0) is 30.9 Å². The third kappa shape index (κ3) is 3.04. The molecule has 3 rings (SSSR count). The second-order valence-corrected chi connectivity index (χ2v) is 6.55. The van der Waals surface area contributed by atoms with Crippen LogP contribution in [0.1, 0.15) is 20.9 Å². The molecule has 0 spiro atoms. The average molecular weight is 314 g/mol. The molecule has 21 heavy (non-hydrogen) atoms. The van der Waals surface area contributed by atoms with Gasteiger partial charge in [0.15, 0.2) is 5.13 Å². The number of benzene rings is 1. The molecular weight excluding hydrogens is 300 g/mol. The molecule has 0 atom stereocenters. The van der Waals surface area contributed by atoms with Crippen molar-refractivity contribution in [3.05, 3.63) is 57.2 Å². The van der Waals surface area contributed by atoms with Gasteiger partial charge in [0.1, 0.15) is 4.88 Å². The van der Waals surface area contributed by atoms with E-state index >= 15 is 0 Å². The molecule has 0 radical (unpaired) electrons. The molecule has 0 bridgehead atoms. The fourth-order valence-corrected chi connectivity index (χ4v) is 3.51. The lowest BCUT2D eigenvalue weighted by molar-refractivity contribution is 0.103. The normalized spacial score (nSPS) is 10.6. The molecule has 2 heterocycles. The number of aryl methyl sites for hydroxylation is 2. The maximum atomic E-state index is 12.4. The molecule has 3 nitrogen and oxygen atoms in total. The number of rotatable bonds is 3. The molecule has 0 saturated carbocycles. The highest BCUT2D eigenvalue weighted by molar-refractivity contribution is 7.14. The summed E-state index contributed by atoms with van der Waals surface area (Å²) in [6.45, 7) is 3.96. The number of thiophene rings is 1. The highest BCUT2D eigenvalue weighted by atomic mass is 32.1. The monoisotopic (exact) mass is 314 g/mol. The van der Waals surface area contributed by atoms with Crippen molar-refractivity contribution in [2.45, 2.75) is 13.8 Å². The van der Waals surface area contributed by atoms with Gasteiger partial charge in [0.25, 0.3) is 5.91 Å². The number of amides is 1. The Kier molecular flexibility index (Phi) is 3.86. The third-order valence-electron chi connectivity index (χ3n) is 3.07. The predicted molar refractivity (Wildman–Crippen MR) is 89.3 cm³/mol. The number of hydrogen-bond acceptors (Lipinski definition) is 4. The van der Waals surface area contributed by atoms with E-state index in [-0.39, 0.29) is 5.91 Å². The number of carbonyl (C=O) groups is 1. The van der Waals surface area contributed by atoms with E-state index in [1.165, 1.54) is 28.2 Å². The third-order valence-corrected chi connectivity index (χ3v) is 4.86. The van der Waals surface area contributed by atoms with E-state index in [1.54, 1.807) is 0 Å². The van der Waals surface area contributed by atoms with Crippen molar-refractivity contribution in [1.82, 2.24) is 4.98 Å². The summed E-state index contributed by atoms with van der Waals surface area (Å²) in [6, 6.07) is 10.2. The second-order valence-electron chi connectivity index (χ2n) is 4.78. The van der Waals surface area contributed by atoms with Crippen LogP contribution >= 0.6 is 22.7 Å². The molecule has 2 aromatic heterocycles. The number of nitrogens with zero attached hydrogens (tertiary/aromatic N) is 1. The van der Waals surface area contributed by atoms with Gasteiger partial charge in [0, 0.05) is 10.9 Å². The van der Waals surface area contributed by atoms with E-state index in [9.17, 15) is 4.79 Å². The molecule has 0 saturated heterocycles. The van der Waals surface area contributed by atoms with Gasteiger partial charge in [-0.2, -0.15) is 0 Å². The van der Waals surface area contributed by atoms with Crippen LogP contribution in [-0.2, 0) is 0 Å². The quantitative estimate of drug-likeness (QED) is 0.758. The summed E-state index contributed by atoms with van der Waals surface area (Å²) in [5.74, 6) is -0.102. The SMILES string of the molecule is Cc1ccc(-c2ccsc2C(=O)Nc2nc(C)cs2)cc1. The molecule has 1 aromatic carbocycles. The first-order valence-electron chi connectivity index (χ1n) is 6.51. The molecule has 3 aromatic rings. The standard InChI is InChI=1S/C16H14N2OS2/c1-10-3-5-12(6-4-10)13-7-8-20-14(13)15(19)18-16-17-11(2)9-21-16/h3-9H,1-2H3,(H,17,18,19). The van der Waals surface area contributed by atoms with Crippen LogP contribution in [0.25, 0.3) is 11.1 Å². The lowest BCUT2D eigenvalue weighted by Gasteiger charge is -2.04. The summed E-state index contributed by atoms with van der Waals surface area (Å²) in [6.07, 6.45) is 0. The molecule has 0 aliphatic heterocycles. The summed E-state index contributed by atoms with van der Waals surface area (Å²) in [4.78, 5) is 17.4. The molecule has 5 heteroatoms. The summed E-state index contributed by atoms with van der Waals surface area (Å²) >= 11 is 2.89. The van der Waals surface area contributed by atoms with Crippen LogP contribution in [0.2, 0.25) is 0 Å². The summed E-state index contributed by atoms with van der Waals surface area (Å²) in [5, 5.41) is 7.37. The number of anilines is 1. The largest absolute Gasteiger partial charge is 0.297 e. The van der Waals surface area contributed by atoms with Gasteiger partial charge in [-0.1, -0.05) is 29.8 Å². The minimum Gasteiger partial charge on any atom is -0.297 e. The van der Waals surface area contributed by atoms with Crippen LogP contribution in [0.4, 0.5) is 5.13 Å². The van der Waals surface area contributed by atoms with Crippen molar-refractivity contribution in [2.75, 3.05) is 5.32 Å². The van der Waals surface area contributed by atoms with E-state index in [4.69, 9.17) is 0 Å². The fraction of sp³-hybridized carbons (Fsp3) is 0.125. The number of hydrogen-bond donors (Lipinski definition) is 1. The van der Waals surface area contributed by atoms with Gasteiger partial charge < -0.3 is 0 Å². The van der Waals surface area contributed by atoms with Gasteiger partial charge in [-0.25, -0.2) is 4.98 Å². The van der Waals surface area contributed by atoms with Crippen molar-refractivity contribution >= 4 is 33.7 Å². The van der Waals surface area contributed by atoms with E-state index in [1.807, 2.05) is 35.9 Å². The Morgan fingerprint density at radius 3 is 2.52 bits per heavy atom. The molecule has 1 N–H and O–H groups in total. The summed E-state index contributed by atoms with van der Waals surface area (Å²) < 4.78 is 0. The Bertz CT molecular complexity index is 772. The molecule has 0 aliphatic rings. The molecule has 1 amide bonds. The first kappa shape index (κ1) is 14.0. The topological polar surface area (TPSA) is 42.0 Å². The molecule has 106 valence electrons. The molecule has 0 unspecified atom stereocenters. The van der Waals surface area contributed by atoms with Gasteiger partial charge in [0.05, 0.1) is 5.69 Å². The maximum absolute atomic E-state index is 12.4. The Morgan fingerprint density at radius 2 is 1.86 bits per heavy atom. The summed E-state index contributed by atoms with van der Waals surface area (Å²) in [5.41, 5.74) is 4.14. The highest BCUT2D eigenvalue weighted by Crippen LogP contribution is 2.29. The van der Waals surface area contributed by atoms with E-state index in [0.717, 1.165) is 16.8 Å². The average Bonchev–Trinajstić information content (AvgIpc) is 3.09. The van der Waals surface area contributed by atoms with E-state index in [0.29, 0.717) is 10.0 Å². The highest BCUT2D eigenvalue weighted by Gasteiger charge is 2.15. The minimum atomic E-state index is -0.102. The van der Waals surface area contributed by atoms with E-state index in [2.05, 4.69) is 29.4 Å². The number of carbonyl (C=O) groups excluding carboxylic acids is 1. The minimum absolute atomic E-state index is 0.102. The Morgan fingerprint density at radius 1 is 1.10 bits per heavy atom. The Labute approximate surface area is 131 Å². The van der Waals surface area contributed by atoms with Crippen LogP contribution in [-0.4, -0.2) is 10.9 Å². The van der Waals surface area contributed by atoms with Crippen molar-refractivity contribution in [3.8, 4) is 11.1 Å². The second kappa shape index (κ2) is 5.79.